The number of hydrogen-bond donors (Lipinski definition) is 2. The maximum absolute atomic E-state index is 12.3. The third kappa shape index (κ3) is 4.28. The number of carboxylic acids is 1. The van der Waals surface area contributed by atoms with E-state index in [1.807, 2.05) is 4.90 Å². The van der Waals surface area contributed by atoms with Crippen LogP contribution in [-0.4, -0.2) is 47.4 Å². The molecule has 0 amide bonds. The van der Waals surface area contributed by atoms with Gasteiger partial charge in [-0.25, -0.2) is 9.59 Å². The van der Waals surface area contributed by atoms with Gasteiger partial charge in [-0.05, 0) is 23.6 Å². The number of hydrogen-bond acceptors (Lipinski definition) is 5. The molecule has 1 fully saturated rings. The molecule has 1 unspecified atom stereocenters. The first kappa shape index (κ1) is 17.8. The van der Waals surface area contributed by atoms with Crippen LogP contribution >= 0.6 is 24.2 Å². The van der Waals surface area contributed by atoms with E-state index in [1.54, 1.807) is 24.3 Å². The highest BCUT2D eigenvalue weighted by Crippen LogP contribution is 2.33. The Bertz CT molecular complexity index is 634. The van der Waals surface area contributed by atoms with Gasteiger partial charge < -0.3 is 9.84 Å². The number of carbonyl (C=O) groups is 2. The molecule has 124 valence electrons. The van der Waals surface area contributed by atoms with E-state index in [0.29, 0.717) is 35.7 Å². The lowest BCUT2D eigenvalue weighted by Gasteiger charge is -2.36. The van der Waals surface area contributed by atoms with Crippen LogP contribution in [0.25, 0.3) is 0 Å². The van der Waals surface area contributed by atoms with Gasteiger partial charge in [0, 0.05) is 29.4 Å². The third-order valence-corrected chi connectivity index (χ3v) is 4.74. The van der Waals surface area contributed by atoms with Crippen molar-refractivity contribution >= 4 is 36.2 Å². The third-order valence-electron chi connectivity index (χ3n) is 3.80. The van der Waals surface area contributed by atoms with E-state index in [9.17, 15) is 9.59 Å². The molecule has 1 saturated heterocycles. The maximum Gasteiger partial charge on any atom is 0.328 e. The molecule has 23 heavy (non-hydrogen) atoms. The molecule has 0 saturated carbocycles. The Morgan fingerprint density at radius 2 is 2.17 bits per heavy atom. The second kappa shape index (κ2) is 7.86. The van der Waals surface area contributed by atoms with Crippen molar-refractivity contribution in [3.63, 3.8) is 0 Å². The van der Waals surface area contributed by atoms with Crippen molar-refractivity contribution in [2.75, 3.05) is 20.2 Å². The second-order valence-electron chi connectivity index (χ2n) is 5.28. The first-order valence-electron chi connectivity index (χ1n) is 7.11. The quantitative estimate of drug-likeness (QED) is 0.493. The predicted octanol–water partition coefficient (Wildman–Crippen LogP) is 2.57. The van der Waals surface area contributed by atoms with Gasteiger partial charge in [-0.1, -0.05) is 29.8 Å². The first-order chi connectivity index (χ1) is 10.9. The minimum Gasteiger partial charge on any atom is -0.478 e. The molecule has 5 nitrogen and oxygen atoms in total. The molecule has 1 heterocycles. The highest BCUT2D eigenvalue weighted by atomic mass is 35.5. The largest absolute Gasteiger partial charge is 0.478 e. The van der Waals surface area contributed by atoms with Crippen LogP contribution in [0.1, 0.15) is 18.0 Å². The molecule has 1 aliphatic heterocycles. The summed E-state index contributed by atoms with van der Waals surface area (Å²) in [5.41, 5.74) is 1.31. The number of halogens is 1. The van der Waals surface area contributed by atoms with Gasteiger partial charge in [0.05, 0.1) is 7.11 Å². The van der Waals surface area contributed by atoms with Gasteiger partial charge in [-0.2, -0.15) is 12.6 Å². The molecule has 1 N–H and O–H groups in total. The summed E-state index contributed by atoms with van der Waals surface area (Å²) in [6, 6.07) is 6.40. The minimum absolute atomic E-state index is 0.133. The molecule has 2 rings (SSSR count). The standard InChI is InChI=1S/C16H18ClNO4S/c1-22-16(21)15(11-4-2-3-5-12(11)17)18-7-6-13(23)10(9-18)8-14(19)20/h2-5,8,13,15,23H,6-7,9H2,1H3,(H,19,20)/t13?,15-/m1/s1. The van der Waals surface area contributed by atoms with Crippen LogP contribution in [-0.2, 0) is 14.3 Å². The SMILES string of the molecule is COC(=O)[C@@H](c1ccccc1Cl)N1CCC(S)C(=CC(=O)O)C1. The summed E-state index contributed by atoms with van der Waals surface area (Å²) in [6.07, 6.45) is 1.80. The summed E-state index contributed by atoms with van der Waals surface area (Å²) < 4.78 is 4.92. The van der Waals surface area contributed by atoms with E-state index < -0.39 is 18.0 Å². The molecule has 0 radical (unpaired) electrons. The number of aliphatic carboxylic acids is 1. The summed E-state index contributed by atoms with van der Waals surface area (Å²) in [7, 11) is 1.32. The predicted molar refractivity (Wildman–Crippen MR) is 90.9 cm³/mol. The summed E-state index contributed by atoms with van der Waals surface area (Å²) in [5.74, 6) is -1.45. The molecule has 0 aliphatic carbocycles. The summed E-state index contributed by atoms with van der Waals surface area (Å²) >= 11 is 10.7. The average Bonchev–Trinajstić information content (AvgIpc) is 2.51. The van der Waals surface area contributed by atoms with Crippen molar-refractivity contribution in [1.82, 2.24) is 4.90 Å². The van der Waals surface area contributed by atoms with Gasteiger partial charge in [-0.3, -0.25) is 4.90 Å². The Morgan fingerprint density at radius 1 is 1.48 bits per heavy atom. The summed E-state index contributed by atoms with van der Waals surface area (Å²) in [4.78, 5) is 25.1. The van der Waals surface area contributed by atoms with E-state index in [4.69, 9.17) is 21.4 Å². The molecule has 1 aromatic rings. The minimum atomic E-state index is -1.02. The molecule has 0 bridgehead atoms. The molecular weight excluding hydrogens is 338 g/mol. The van der Waals surface area contributed by atoms with Crippen molar-refractivity contribution in [1.29, 1.82) is 0 Å². The van der Waals surface area contributed by atoms with Crippen LogP contribution < -0.4 is 0 Å². The lowest BCUT2D eigenvalue weighted by molar-refractivity contribution is -0.147. The highest BCUT2D eigenvalue weighted by molar-refractivity contribution is 7.81. The molecule has 1 aliphatic rings. The topological polar surface area (TPSA) is 66.8 Å². The smallest absolute Gasteiger partial charge is 0.328 e. The number of nitrogens with zero attached hydrogens (tertiary/aromatic N) is 1. The van der Waals surface area contributed by atoms with Crippen LogP contribution in [0.15, 0.2) is 35.9 Å². The van der Waals surface area contributed by atoms with Gasteiger partial charge >= 0.3 is 11.9 Å². The number of rotatable bonds is 4. The zero-order valence-electron chi connectivity index (χ0n) is 12.6. The number of methoxy groups -OCH3 is 1. The fourth-order valence-corrected chi connectivity index (χ4v) is 3.21. The summed E-state index contributed by atoms with van der Waals surface area (Å²) in [5, 5.41) is 9.32. The van der Waals surface area contributed by atoms with Crippen LogP contribution in [0.2, 0.25) is 5.02 Å². The molecule has 7 heteroatoms. The van der Waals surface area contributed by atoms with Crippen molar-refractivity contribution in [2.24, 2.45) is 0 Å². The van der Waals surface area contributed by atoms with Crippen molar-refractivity contribution in [2.45, 2.75) is 17.7 Å². The fraction of sp³-hybridized carbons (Fsp3) is 0.375. The van der Waals surface area contributed by atoms with Crippen LogP contribution in [0.5, 0.6) is 0 Å². The zero-order valence-corrected chi connectivity index (χ0v) is 14.3. The Kier molecular flexibility index (Phi) is 6.10. The van der Waals surface area contributed by atoms with Gasteiger partial charge in [-0.15, -0.1) is 0 Å². The maximum atomic E-state index is 12.3. The highest BCUT2D eigenvalue weighted by Gasteiger charge is 2.34. The van der Waals surface area contributed by atoms with E-state index in [1.165, 1.54) is 7.11 Å². The van der Waals surface area contributed by atoms with Gasteiger partial charge in [0.15, 0.2) is 0 Å². The Balaban J connectivity index is 2.35. The number of benzene rings is 1. The Hall–Kier alpha value is -1.50. The van der Waals surface area contributed by atoms with E-state index in [0.717, 1.165) is 6.08 Å². The first-order valence-corrected chi connectivity index (χ1v) is 8.01. The molecule has 0 spiro atoms. The molecule has 1 aromatic carbocycles. The second-order valence-corrected chi connectivity index (χ2v) is 6.31. The Labute approximate surface area is 145 Å². The van der Waals surface area contributed by atoms with Crippen molar-refractivity contribution in [3.05, 3.63) is 46.5 Å². The molecule has 0 aromatic heterocycles. The van der Waals surface area contributed by atoms with Gasteiger partial charge in [0.1, 0.15) is 6.04 Å². The number of piperidine rings is 1. The van der Waals surface area contributed by atoms with E-state index in [-0.39, 0.29) is 5.25 Å². The Morgan fingerprint density at radius 3 is 2.78 bits per heavy atom. The van der Waals surface area contributed by atoms with Crippen LogP contribution in [0.3, 0.4) is 0 Å². The number of ether oxygens (including phenoxy) is 1. The normalized spacial score (nSPS) is 21.9. The lowest BCUT2D eigenvalue weighted by atomic mass is 9.98. The van der Waals surface area contributed by atoms with Crippen LogP contribution in [0, 0.1) is 0 Å². The summed E-state index contributed by atoms with van der Waals surface area (Å²) in [6.45, 7) is 0.918. The molecule has 2 atom stereocenters. The van der Waals surface area contributed by atoms with Gasteiger partial charge in [0.25, 0.3) is 0 Å². The monoisotopic (exact) mass is 355 g/mol. The van der Waals surface area contributed by atoms with Crippen molar-refractivity contribution < 1.29 is 19.4 Å². The zero-order chi connectivity index (χ0) is 17.0. The fourth-order valence-electron chi connectivity index (χ4n) is 2.69. The van der Waals surface area contributed by atoms with Crippen molar-refractivity contribution in [3.8, 4) is 0 Å². The van der Waals surface area contributed by atoms with E-state index >= 15 is 0 Å². The number of thiol groups is 1. The van der Waals surface area contributed by atoms with Crippen LogP contribution in [0.4, 0.5) is 0 Å². The van der Waals surface area contributed by atoms with E-state index in [2.05, 4.69) is 12.6 Å². The molecular formula is C16H18ClNO4S. The lowest BCUT2D eigenvalue weighted by Crippen LogP contribution is -2.42. The number of carboxylic acid groups (broad SMARTS) is 1. The van der Waals surface area contributed by atoms with Gasteiger partial charge in [0.2, 0.25) is 0 Å². The average molecular weight is 356 g/mol. The number of likely N-dealkylation sites (tertiary alicyclic amines) is 1. The number of carbonyl (C=O) groups excluding carboxylic acids is 1. The number of esters is 1.